The van der Waals surface area contributed by atoms with E-state index in [4.69, 9.17) is 11.5 Å². The molecular weight excluding hydrogens is 178 g/mol. The van der Waals surface area contributed by atoms with Crippen LogP contribution < -0.4 is 5.32 Å². The van der Waals surface area contributed by atoms with Crippen LogP contribution in [0.4, 0.5) is 0 Å². The van der Waals surface area contributed by atoms with Crippen LogP contribution in [0, 0.1) is 18.3 Å². The largest absolute Gasteiger partial charge is 0.481 e. The number of aliphatic carboxylic acids is 1. The molecule has 0 aliphatic rings. The van der Waals surface area contributed by atoms with E-state index >= 15 is 0 Å². The fourth-order valence-corrected chi connectivity index (χ4v) is 1.18. The SMILES string of the molecule is C#CC(CCC)NC(C)C(C)C(=O)O. The van der Waals surface area contributed by atoms with Gasteiger partial charge in [0, 0.05) is 6.04 Å². The molecule has 0 aliphatic heterocycles. The van der Waals surface area contributed by atoms with Crippen molar-refractivity contribution in [3.63, 3.8) is 0 Å². The number of carboxylic acids is 1. The van der Waals surface area contributed by atoms with Gasteiger partial charge in [0.1, 0.15) is 0 Å². The molecule has 3 heteroatoms. The highest BCUT2D eigenvalue weighted by molar-refractivity contribution is 5.70. The number of nitrogens with one attached hydrogen (secondary N) is 1. The Hall–Kier alpha value is -1.01. The van der Waals surface area contributed by atoms with Gasteiger partial charge in [0.05, 0.1) is 12.0 Å². The van der Waals surface area contributed by atoms with Gasteiger partial charge in [-0.05, 0) is 13.3 Å². The van der Waals surface area contributed by atoms with Gasteiger partial charge in [-0.3, -0.25) is 4.79 Å². The van der Waals surface area contributed by atoms with E-state index in [0.29, 0.717) is 0 Å². The molecule has 0 bridgehead atoms. The molecule has 0 aromatic heterocycles. The predicted molar refractivity (Wildman–Crippen MR) is 56.9 cm³/mol. The molecule has 14 heavy (non-hydrogen) atoms. The molecule has 0 rings (SSSR count). The third kappa shape index (κ3) is 4.29. The summed E-state index contributed by atoms with van der Waals surface area (Å²) in [5.74, 6) is 1.42. The van der Waals surface area contributed by atoms with E-state index in [1.54, 1.807) is 6.92 Å². The first-order valence-corrected chi connectivity index (χ1v) is 4.97. The van der Waals surface area contributed by atoms with E-state index in [1.165, 1.54) is 0 Å². The molecule has 0 spiro atoms. The van der Waals surface area contributed by atoms with Gasteiger partial charge in [0.25, 0.3) is 0 Å². The van der Waals surface area contributed by atoms with Crippen molar-refractivity contribution in [2.45, 2.75) is 45.7 Å². The zero-order valence-corrected chi connectivity index (χ0v) is 9.08. The van der Waals surface area contributed by atoms with E-state index in [1.807, 2.05) is 6.92 Å². The van der Waals surface area contributed by atoms with E-state index in [2.05, 4.69) is 18.2 Å². The van der Waals surface area contributed by atoms with Crippen LogP contribution in [0.1, 0.15) is 33.6 Å². The van der Waals surface area contributed by atoms with Gasteiger partial charge in [0.15, 0.2) is 0 Å². The molecule has 0 aromatic carbocycles. The summed E-state index contributed by atoms with van der Waals surface area (Å²) in [5, 5.41) is 11.9. The first-order valence-electron chi connectivity index (χ1n) is 4.97. The Labute approximate surface area is 85.9 Å². The fraction of sp³-hybridized carbons (Fsp3) is 0.727. The summed E-state index contributed by atoms with van der Waals surface area (Å²) in [5.41, 5.74) is 0. The van der Waals surface area contributed by atoms with E-state index < -0.39 is 11.9 Å². The second kappa shape index (κ2) is 6.44. The van der Waals surface area contributed by atoms with Crippen molar-refractivity contribution >= 4 is 5.97 Å². The van der Waals surface area contributed by atoms with Crippen molar-refractivity contribution in [1.82, 2.24) is 5.32 Å². The van der Waals surface area contributed by atoms with Gasteiger partial charge in [-0.15, -0.1) is 6.42 Å². The van der Waals surface area contributed by atoms with Crippen molar-refractivity contribution in [2.24, 2.45) is 5.92 Å². The molecule has 0 saturated carbocycles. The van der Waals surface area contributed by atoms with E-state index in [9.17, 15) is 4.79 Å². The third-order valence-electron chi connectivity index (χ3n) is 2.38. The minimum absolute atomic E-state index is 0.0169. The smallest absolute Gasteiger partial charge is 0.307 e. The first kappa shape index (κ1) is 13.0. The lowest BCUT2D eigenvalue weighted by molar-refractivity contribution is -0.141. The number of terminal acetylenes is 1. The monoisotopic (exact) mass is 197 g/mol. The number of rotatable bonds is 6. The molecule has 3 unspecified atom stereocenters. The van der Waals surface area contributed by atoms with Crippen LogP contribution in [0.2, 0.25) is 0 Å². The summed E-state index contributed by atoms with van der Waals surface area (Å²) in [4.78, 5) is 10.7. The molecule has 2 N–H and O–H groups in total. The molecule has 0 amide bonds. The highest BCUT2D eigenvalue weighted by Gasteiger charge is 2.20. The van der Waals surface area contributed by atoms with Crippen LogP contribution >= 0.6 is 0 Å². The minimum atomic E-state index is -0.794. The van der Waals surface area contributed by atoms with Gasteiger partial charge in [0.2, 0.25) is 0 Å². The van der Waals surface area contributed by atoms with Crippen molar-refractivity contribution in [2.75, 3.05) is 0 Å². The molecule has 0 aliphatic carbocycles. The topological polar surface area (TPSA) is 49.3 Å². The Morgan fingerprint density at radius 2 is 2.14 bits per heavy atom. The second-order valence-corrected chi connectivity index (χ2v) is 3.59. The summed E-state index contributed by atoms with van der Waals surface area (Å²) in [7, 11) is 0. The van der Waals surface area contributed by atoms with Crippen LogP contribution in [-0.4, -0.2) is 23.2 Å². The van der Waals surface area contributed by atoms with Crippen molar-refractivity contribution < 1.29 is 9.90 Å². The molecular formula is C11H19NO2. The molecule has 0 heterocycles. The van der Waals surface area contributed by atoms with Crippen molar-refractivity contribution in [3.8, 4) is 12.3 Å². The zero-order chi connectivity index (χ0) is 11.1. The molecule has 0 saturated heterocycles. The molecule has 0 aromatic rings. The summed E-state index contributed by atoms with van der Waals surface area (Å²) in [6.45, 7) is 5.58. The normalized spacial score (nSPS) is 16.7. The van der Waals surface area contributed by atoms with Gasteiger partial charge >= 0.3 is 5.97 Å². The van der Waals surface area contributed by atoms with Crippen molar-refractivity contribution in [1.29, 1.82) is 0 Å². The quantitative estimate of drug-likeness (QED) is 0.634. The Kier molecular flexibility index (Phi) is 5.98. The molecule has 80 valence electrons. The number of carbonyl (C=O) groups is 1. The lowest BCUT2D eigenvalue weighted by Gasteiger charge is -2.21. The number of carboxylic acid groups (broad SMARTS) is 1. The highest BCUT2D eigenvalue weighted by atomic mass is 16.4. The van der Waals surface area contributed by atoms with E-state index in [-0.39, 0.29) is 12.1 Å². The van der Waals surface area contributed by atoms with Crippen LogP contribution in [0.25, 0.3) is 0 Å². The third-order valence-corrected chi connectivity index (χ3v) is 2.38. The van der Waals surface area contributed by atoms with Gasteiger partial charge in [-0.1, -0.05) is 26.2 Å². The Morgan fingerprint density at radius 1 is 1.57 bits per heavy atom. The maximum Gasteiger partial charge on any atom is 0.307 e. The predicted octanol–water partition coefficient (Wildman–Crippen LogP) is 1.49. The van der Waals surface area contributed by atoms with Crippen LogP contribution in [0.5, 0.6) is 0 Å². The number of hydrogen-bond acceptors (Lipinski definition) is 2. The summed E-state index contributed by atoms with van der Waals surface area (Å²) < 4.78 is 0. The van der Waals surface area contributed by atoms with Gasteiger partial charge < -0.3 is 10.4 Å². The summed E-state index contributed by atoms with van der Waals surface area (Å²) >= 11 is 0. The Morgan fingerprint density at radius 3 is 2.50 bits per heavy atom. The zero-order valence-electron chi connectivity index (χ0n) is 9.08. The highest BCUT2D eigenvalue weighted by Crippen LogP contribution is 2.05. The lowest BCUT2D eigenvalue weighted by atomic mass is 10.0. The summed E-state index contributed by atoms with van der Waals surface area (Å²) in [6, 6.07) is -0.114. The molecule has 3 atom stereocenters. The lowest BCUT2D eigenvalue weighted by Crippen LogP contribution is -2.41. The number of hydrogen-bond donors (Lipinski definition) is 2. The average Bonchev–Trinajstić information content (AvgIpc) is 2.15. The van der Waals surface area contributed by atoms with Crippen LogP contribution in [-0.2, 0) is 4.79 Å². The maximum absolute atomic E-state index is 10.7. The summed E-state index contributed by atoms with van der Waals surface area (Å²) in [6.07, 6.45) is 7.20. The fourth-order valence-electron chi connectivity index (χ4n) is 1.18. The second-order valence-electron chi connectivity index (χ2n) is 3.59. The molecule has 3 nitrogen and oxygen atoms in total. The van der Waals surface area contributed by atoms with Crippen LogP contribution in [0.3, 0.4) is 0 Å². The van der Waals surface area contributed by atoms with E-state index in [0.717, 1.165) is 12.8 Å². The first-order chi connectivity index (χ1) is 6.52. The Bertz CT molecular complexity index is 220. The maximum atomic E-state index is 10.7. The van der Waals surface area contributed by atoms with Crippen LogP contribution in [0.15, 0.2) is 0 Å². The molecule has 0 radical (unpaired) electrons. The van der Waals surface area contributed by atoms with Gasteiger partial charge in [-0.2, -0.15) is 0 Å². The van der Waals surface area contributed by atoms with Gasteiger partial charge in [-0.25, -0.2) is 0 Å². The molecule has 0 fully saturated rings. The van der Waals surface area contributed by atoms with Crippen molar-refractivity contribution in [3.05, 3.63) is 0 Å². The Balaban J connectivity index is 4.09. The average molecular weight is 197 g/mol. The standard InChI is InChI=1S/C11H19NO2/c1-5-7-10(6-2)12-9(4)8(3)11(13)14/h2,8-10,12H,5,7H2,1,3-4H3,(H,13,14). The minimum Gasteiger partial charge on any atom is -0.481 e.